The molecule has 1 N–H and O–H groups in total. The number of nitrogens with one attached hydrogen (secondary N) is 1. The highest BCUT2D eigenvalue weighted by Gasteiger charge is 1.88. The first-order valence-corrected chi connectivity index (χ1v) is 3.67. The Hall–Kier alpha value is -1.24. The molecule has 0 aromatic heterocycles. The summed E-state index contributed by atoms with van der Waals surface area (Å²) in [6.45, 7) is 7.78. The van der Waals surface area contributed by atoms with E-state index >= 15 is 0 Å². The Labute approximate surface area is 67.8 Å². The van der Waals surface area contributed by atoms with Crippen LogP contribution in [0.3, 0.4) is 0 Å². The number of hydrogen-bond acceptors (Lipinski definition) is 1. The summed E-state index contributed by atoms with van der Waals surface area (Å²) < 4.78 is 0. The van der Waals surface area contributed by atoms with Gasteiger partial charge in [0, 0.05) is 11.4 Å². The lowest BCUT2D eigenvalue weighted by Gasteiger charge is -2.04. The molecule has 0 aliphatic carbocycles. The molecule has 0 saturated carbocycles. The topological polar surface area (TPSA) is 12.0 Å². The smallest absolute Gasteiger partial charge is 0.0381 e. The van der Waals surface area contributed by atoms with Crippen LogP contribution in [0.25, 0.3) is 0 Å². The van der Waals surface area contributed by atoms with Crippen molar-refractivity contribution in [2.75, 3.05) is 5.32 Å². The predicted octanol–water partition coefficient (Wildman–Crippen LogP) is 2.94. The maximum Gasteiger partial charge on any atom is 0.0381 e. The van der Waals surface area contributed by atoms with Crippen LogP contribution in [0, 0.1) is 6.92 Å². The monoisotopic (exact) mass is 147 g/mol. The van der Waals surface area contributed by atoms with Crippen molar-refractivity contribution >= 4 is 5.69 Å². The summed E-state index contributed by atoms with van der Waals surface area (Å²) in [5, 5.41) is 3.14. The average Bonchev–Trinajstić information content (AvgIpc) is 1.93. The highest BCUT2D eigenvalue weighted by Crippen LogP contribution is 2.09. The molecule has 0 atom stereocenters. The van der Waals surface area contributed by atoms with Crippen LogP contribution in [0.5, 0.6) is 0 Å². The standard InChI is InChI=1S/C10H13N/c1-8(2)11-10-6-4-9(3)5-7-10/h4-7,11H,1H2,2-3H3. The highest BCUT2D eigenvalue weighted by atomic mass is 14.9. The molecule has 0 aliphatic heterocycles. The van der Waals surface area contributed by atoms with Crippen molar-refractivity contribution in [2.24, 2.45) is 0 Å². The van der Waals surface area contributed by atoms with Crippen LogP contribution in [-0.4, -0.2) is 0 Å². The van der Waals surface area contributed by atoms with E-state index in [-0.39, 0.29) is 0 Å². The van der Waals surface area contributed by atoms with E-state index in [1.807, 2.05) is 19.1 Å². The maximum atomic E-state index is 3.76. The van der Waals surface area contributed by atoms with Crippen molar-refractivity contribution < 1.29 is 0 Å². The molecular weight excluding hydrogens is 134 g/mol. The lowest BCUT2D eigenvalue weighted by atomic mass is 10.2. The Balaban J connectivity index is 2.74. The van der Waals surface area contributed by atoms with E-state index < -0.39 is 0 Å². The van der Waals surface area contributed by atoms with Crippen LogP contribution < -0.4 is 5.32 Å². The molecule has 0 radical (unpaired) electrons. The van der Waals surface area contributed by atoms with Crippen molar-refractivity contribution in [3.8, 4) is 0 Å². The van der Waals surface area contributed by atoms with Gasteiger partial charge in [0.05, 0.1) is 0 Å². The molecule has 11 heavy (non-hydrogen) atoms. The summed E-state index contributed by atoms with van der Waals surface area (Å²) in [5.41, 5.74) is 3.34. The van der Waals surface area contributed by atoms with E-state index in [0.717, 1.165) is 11.4 Å². The van der Waals surface area contributed by atoms with E-state index in [9.17, 15) is 0 Å². The Kier molecular flexibility index (Phi) is 2.32. The summed E-state index contributed by atoms with van der Waals surface area (Å²) in [4.78, 5) is 0. The van der Waals surface area contributed by atoms with E-state index in [2.05, 4.69) is 31.0 Å². The normalized spacial score (nSPS) is 9.27. The molecule has 0 fully saturated rings. The minimum Gasteiger partial charge on any atom is -0.360 e. The van der Waals surface area contributed by atoms with Crippen LogP contribution in [0.2, 0.25) is 0 Å². The fourth-order valence-electron chi connectivity index (χ4n) is 0.883. The Morgan fingerprint density at radius 3 is 2.27 bits per heavy atom. The second kappa shape index (κ2) is 3.24. The number of anilines is 1. The van der Waals surface area contributed by atoms with Gasteiger partial charge in [-0.2, -0.15) is 0 Å². The lowest BCUT2D eigenvalue weighted by Crippen LogP contribution is -1.92. The van der Waals surface area contributed by atoms with Gasteiger partial charge >= 0.3 is 0 Å². The zero-order valence-electron chi connectivity index (χ0n) is 7.02. The Bertz CT molecular complexity index is 246. The molecule has 1 heteroatoms. The summed E-state index contributed by atoms with van der Waals surface area (Å²) in [7, 11) is 0. The van der Waals surface area contributed by atoms with Crippen molar-refractivity contribution in [1.82, 2.24) is 0 Å². The predicted molar refractivity (Wildman–Crippen MR) is 49.6 cm³/mol. The van der Waals surface area contributed by atoms with Crippen molar-refractivity contribution in [1.29, 1.82) is 0 Å². The molecule has 0 amide bonds. The van der Waals surface area contributed by atoms with Crippen LogP contribution >= 0.6 is 0 Å². The Morgan fingerprint density at radius 2 is 1.82 bits per heavy atom. The molecule has 58 valence electrons. The van der Waals surface area contributed by atoms with Gasteiger partial charge in [-0.05, 0) is 26.0 Å². The van der Waals surface area contributed by atoms with Gasteiger partial charge in [0.25, 0.3) is 0 Å². The van der Waals surface area contributed by atoms with Gasteiger partial charge < -0.3 is 5.32 Å². The molecule has 1 nitrogen and oxygen atoms in total. The van der Waals surface area contributed by atoms with Crippen LogP contribution in [0.1, 0.15) is 12.5 Å². The summed E-state index contributed by atoms with van der Waals surface area (Å²) in [5.74, 6) is 0. The van der Waals surface area contributed by atoms with Gasteiger partial charge in [0.1, 0.15) is 0 Å². The van der Waals surface area contributed by atoms with Gasteiger partial charge in [-0.1, -0.05) is 24.3 Å². The number of aryl methyl sites for hydroxylation is 1. The molecule has 0 bridgehead atoms. The first-order valence-electron chi connectivity index (χ1n) is 3.67. The molecule has 1 aromatic rings. The number of benzene rings is 1. The van der Waals surface area contributed by atoms with Crippen LogP contribution in [0.4, 0.5) is 5.69 Å². The van der Waals surface area contributed by atoms with Crippen molar-refractivity contribution in [2.45, 2.75) is 13.8 Å². The second-order valence-electron chi connectivity index (χ2n) is 2.77. The molecule has 1 rings (SSSR count). The van der Waals surface area contributed by atoms with E-state index in [4.69, 9.17) is 0 Å². The molecule has 0 spiro atoms. The first kappa shape index (κ1) is 7.86. The Morgan fingerprint density at radius 1 is 1.27 bits per heavy atom. The fourth-order valence-corrected chi connectivity index (χ4v) is 0.883. The molecule has 1 aromatic carbocycles. The van der Waals surface area contributed by atoms with Crippen molar-refractivity contribution in [3.63, 3.8) is 0 Å². The molecule has 0 aliphatic rings. The lowest BCUT2D eigenvalue weighted by molar-refractivity contribution is 1.38. The van der Waals surface area contributed by atoms with E-state index in [1.165, 1.54) is 5.56 Å². The van der Waals surface area contributed by atoms with E-state index in [1.54, 1.807) is 0 Å². The van der Waals surface area contributed by atoms with Gasteiger partial charge in [0.15, 0.2) is 0 Å². The van der Waals surface area contributed by atoms with Crippen LogP contribution in [0.15, 0.2) is 36.5 Å². The minimum absolute atomic E-state index is 0.967. The number of allylic oxidation sites excluding steroid dienone is 1. The number of hydrogen-bond donors (Lipinski definition) is 1. The second-order valence-corrected chi connectivity index (χ2v) is 2.77. The molecule has 0 heterocycles. The minimum atomic E-state index is 0.967. The number of rotatable bonds is 2. The molecular formula is C10H13N. The van der Waals surface area contributed by atoms with Crippen molar-refractivity contribution in [3.05, 3.63) is 42.1 Å². The first-order chi connectivity index (χ1) is 5.18. The third-order valence-electron chi connectivity index (χ3n) is 1.41. The highest BCUT2D eigenvalue weighted by molar-refractivity contribution is 5.48. The SMILES string of the molecule is C=C(C)Nc1ccc(C)cc1. The van der Waals surface area contributed by atoms with Gasteiger partial charge in [-0.3, -0.25) is 0 Å². The third-order valence-corrected chi connectivity index (χ3v) is 1.41. The zero-order chi connectivity index (χ0) is 8.27. The fraction of sp³-hybridized carbons (Fsp3) is 0.200. The van der Waals surface area contributed by atoms with Crippen LogP contribution in [-0.2, 0) is 0 Å². The molecule has 0 unspecified atom stereocenters. The summed E-state index contributed by atoms with van der Waals surface area (Å²) >= 11 is 0. The van der Waals surface area contributed by atoms with Gasteiger partial charge in [0.2, 0.25) is 0 Å². The van der Waals surface area contributed by atoms with Gasteiger partial charge in [-0.15, -0.1) is 0 Å². The molecule has 0 saturated heterocycles. The quantitative estimate of drug-likeness (QED) is 0.678. The summed E-state index contributed by atoms with van der Waals surface area (Å²) in [6, 6.07) is 8.24. The van der Waals surface area contributed by atoms with Gasteiger partial charge in [-0.25, -0.2) is 0 Å². The maximum absolute atomic E-state index is 3.76. The largest absolute Gasteiger partial charge is 0.360 e. The summed E-state index contributed by atoms with van der Waals surface area (Å²) in [6.07, 6.45) is 0. The average molecular weight is 147 g/mol. The van der Waals surface area contributed by atoms with E-state index in [0.29, 0.717) is 0 Å². The zero-order valence-corrected chi connectivity index (χ0v) is 7.02. The third kappa shape index (κ3) is 2.46.